The SMILES string of the molecule is COc1cc(CNCc2ccc(C)cc2)cc(Cl)c1OCc1cccc(C)c1. The first-order chi connectivity index (χ1) is 13.5. The molecule has 1 N–H and O–H groups in total. The average molecular weight is 396 g/mol. The first-order valence-corrected chi connectivity index (χ1v) is 9.74. The van der Waals surface area contributed by atoms with E-state index >= 15 is 0 Å². The molecular formula is C24H26ClNO2. The maximum absolute atomic E-state index is 6.49. The molecular weight excluding hydrogens is 370 g/mol. The molecule has 0 heterocycles. The lowest BCUT2D eigenvalue weighted by atomic mass is 10.1. The van der Waals surface area contributed by atoms with Crippen molar-refractivity contribution in [3.05, 3.63) is 93.5 Å². The van der Waals surface area contributed by atoms with E-state index in [1.807, 2.05) is 24.3 Å². The van der Waals surface area contributed by atoms with E-state index in [2.05, 4.69) is 55.6 Å². The van der Waals surface area contributed by atoms with Gasteiger partial charge in [-0.1, -0.05) is 71.3 Å². The van der Waals surface area contributed by atoms with Gasteiger partial charge in [-0.2, -0.15) is 0 Å². The van der Waals surface area contributed by atoms with Crippen molar-refractivity contribution in [1.29, 1.82) is 0 Å². The number of aryl methyl sites for hydroxylation is 2. The number of nitrogens with one attached hydrogen (secondary N) is 1. The third kappa shape index (κ3) is 5.51. The highest BCUT2D eigenvalue weighted by molar-refractivity contribution is 6.32. The number of ether oxygens (including phenoxy) is 2. The molecule has 0 spiro atoms. The third-order valence-electron chi connectivity index (χ3n) is 4.53. The Morgan fingerprint density at radius 2 is 1.57 bits per heavy atom. The summed E-state index contributed by atoms with van der Waals surface area (Å²) in [5.41, 5.74) is 5.87. The zero-order valence-corrected chi connectivity index (χ0v) is 17.3. The van der Waals surface area contributed by atoms with Crippen LogP contribution in [0, 0.1) is 13.8 Å². The molecule has 0 aliphatic heterocycles. The van der Waals surface area contributed by atoms with Crippen LogP contribution < -0.4 is 14.8 Å². The van der Waals surface area contributed by atoms with Gasteiger partial charge in [-0.3, -0.25) is 0 Å². The number of methoxy groups -OCH3 is 1. The fraction of sp³-hybridized carbons (Fsp3) is 0.250. The minimum absolute atomic E-state index is 0.447. The van der Waals surface area contributed by atoms with Crippen molar-refractivity contribution in [2.45, 2.75) is 33.5 Å². The zero-order chi connectivity index (χ0) is 19.9. The smallest absolute Gasteiger partial charge is 0.180 e. The maximum atomic E-state index is 6.49. The van der Waals surface area contributed by atoms with Crippen LogP contribution in [0.4, 0.5) is 0 Å². The highest BCUT2D eigenvalue weighted by Crippen LogP contribution is 2.37. The molecule has 0 aromatic heterocycles. The number of rotatable bonds is 8. The molecule has 0 unspecified atom stereocenters. The molecule has 146 valence electrons. The van der Waals surface area contributed by atoms with E-state index in [0.717, 1.165) is 17.7 Å². The summed E-state index contributed by atoms with van der Waals surface area (Å²) in [5, 5.41) is 4.00. The number of hydrogen-bond acceptors (Lipinski definition) is 3. The van der Waals surface area contributed by atoms with Gasteiger partial charge >= 0.3 is 0 Å². The van der Waals surface area contributed by atoms with Crippen molar-refractivity contribution in [3.8, 4) is 11.5 Å². The molecule has 3 aromatic carbocycles. The van der Waals surface area contributed by atoms with Gasteiger partial charge < -0.3 is 14.8 Å². The Kier molecular flexibility index (Phi) is 6.96. The molecule has 0 bridgehead atoms. The molecule has 4 heteroatoms. The van der Waals surface area contributed by atoms with Crippen molar-refractivity contribution in [2.24, 2.45) is 0 Å². The predicted molar refractivity (Wildman–Crippen MR) is 115 cm³/mol. The quantitative estimate of drug-likeness (QED) is 0.520. The van der Waals surface area contributed by atoms with Crippen LogP contribution in [0.3, 0.4) is 0 Å². The summed E-state index contributed by atoms with van der Waals surface area (Å²) in [5.74, 6) is 1.22. The molecule has 0 aliphatic rings. The van der Waals surface area contributed by atoms with Gasteiger partial charge in [-0.05, 0) is 42.7 Å². The monoisotopic (exact) mass is 395 g/mol. The number of halogens is 1. The average Bonchev–Trinajstić information content (AvgIpc) is 2.68. The molecule has 0 radical (unpaired) electrons. The van der Waals surface area contributed by atoms with Gasteiger partial charge in [0.25, 0.3) is 0 Å². The van der Waals surface area contributed by atoms with Gasteiger partial charge in [0.05, 0.1) is 12.1 Å². The van der Waals surface area contributed by atoms with E-state index in [0.29, 0.717) is 29.7 Å². The third-order valence-corrected chi connectivity index (χ3v) is 4.81. The van der Waals surface area contributed by atoms with Gasteiger partial charge in [0.1, 0.15) is 6.61 Å². The fourth-order valence-corrected chi connectivity index (χ4v) is 3.32. The summed E-state index contributed by atoms with van der Waals surface area (Å²) in [7, 11) is 1.63. The van der Waals surface area contributed by atoms with E-state index in [1.54, 1.807) is 7.11 Å². The summed E-state index contributed by atoms with van der Waals surface area (Å²) in [6.45, 7) is 6.10. The van der Waals surface area contributed by atoms with Crippen molar-refractivity contribution < 1.29 is 9.47 Å². The standard InChI is InChI=1S/C24H26ClNO2/c1-17-7-9-19(10-8-17)14-26-15-21-12-22(25)24(23(13-21)27-3)28-16-20-6-4-5-18(2)11-20/h4-13,26H,14-16H2,1-3H3. The summed E-state index contributed by atoms with van der Waals surface area (Å²) in [6, 6.07) is 20.6. The molecule has 3 aromatic rings. The summed E-state index contributed by atoms with van der Waals surface area (Å²) in [6.07, 6.45) is 0. The molecule has 0 saturated heterocycles. The Bertz CT molecular complexity index is 922. The van der Waals surface area contributed by atoms with E-state index in [1.165, 1.54) is 16.7 Å². The molecule has 0 amide bonds. The minimum Gasteiger partial charge on any atom is -0.493 e. The summed E-state index contributed by atoms with van der Waals surface area (Å²) < 4.78 is 11.5. The molecule has 0 fully saturated rings. The Hall–Kier alpha value is -2.49. The first-order valence-electron chi connectivity index (χ1n) is 9.36. The van der Waals surface area contributed by atoms with E-state index in [-0.39, 0.29) is 0 Å². The number of benzene rings is 3. The van der Waals surface area contributed by atoms with Crippen LogP contribution in [0.25, 0.3) is 0 Å². The molecule has 3 nitrogen and oxygen atoms in total. The highest BCUT2D eigenvalue weighted by atomic mass is 35.5. The van der Waals surface area contributed by atoms with Crippen molar-refractivity contribution in [3.63, 3.8) is 0 Å². The molecule has 0 saturated carbocycles. The highest BCUT2D eigenvalue weighted by Gasteiger charge is 2.12. The van der Waals surface area contributed by atoms with Gasteiger partial charge in [0.2, 0.25) is 0 Å². The van der Waals surface area contributed by atoms with Gasteiger partial charge in [-0.25, -0.2) is 0 Å². The van der Waals surface area contributed by atoms with Crippen LogP contribution in [-0.4, -0.2) is 7.11 Å². The summed E-state index contributed by atoms with van der Waals surface area (Å²) in [4.78, 5) is 0. The fourth-order valence-electron chi connectivity index (χ4n) is 3.03. The van der Waals surface area contributed by atoms with Crippen LogP contribution in [0.15, 0.2) is 60.7 Å². The minimum atomic E-state index is 0.447. The lowest BCUT2D eigenvalue weighted by Gasteiger charge is -2.15. The van der Waals surface area contributed by atoms with Crippen molar-refractivity contribution >= 4 is 11.6 Å². The predicted octanol–water partition coefficient (Wildman–Crippen LogP) is 5.83. The van der Waals surface area contributed by atoms with Crippen molar-refractivity contribution in [1.82, 2.24) is 5.32 Å². The second kappa shape index (κ2) is 9.63. The number of hydrogen-bond donors (Lipinski definition) is 1. The molecule has 3 rings (SSSR count). The second-order valence-corrected chi connectivity index (χ2v) is 7.38. The van der Waals surface area contributed by atoms with Crippen LogP contribution in [0.2, 0.25) is 5.02 Å². The van der Waals surface area contributed by atoms with Gasteiger partial charge in [-0.15, -0.1) is 0 Å². The zero-order valence-electron chi connectivity index (χ0n) is 16.6. The lowest BCUT2D eigenvalue weighted by Crippen LogP contribution is -2.13. The lowest BCUT2D eigenvalue weighted by molar-refractivity contribution is 0.284. The Balaban J connectivity index is 1.64. The molecule has 0 aliphatic carbocycles. The molecule has 28 heavy (non-hydrogen) atoms. The Morgan fingerprint density at radius 1 is 0.821 bits per heavy atom. The topological polar surface area (TPSA) is 30.5 Å². The van der Waals surface area contributed by atoms with Gasteiger partial charge in [0, 0.05) is 13.1 Å². The molecule has 0 atom stereocenters. The van der Waals surface area contributed by atoms with Crippen LogP contribution in [0.5, 0.6) is 11.5 Å². The van der Waals surface area contributed by atoms with Crippen LogP contribution in [0.1, 0.15) is 27.8 Å². The normalized spacial score (nSPS) is 10.7. The van der Waals surface area contributed by atoms with Crippen LogP contribution in [-0.2, 0) is 19.7 Å². The van der Waals surface area contributed by atoms with Crippen molar-refractivity contribution in [2.75, 3.05) is 7.11 Å². The van der Waals surface area contributed by atoms with E-state index in [9.17, 15) is 0 Å². The Morgan fingerprint density at radius 3 is 2.29 bits per heavy atom. The summed E-state index contributed by atoms with van der Waals surface area (Å²) >= 11 is 6.49. The largest absolute Gasteiger partial charge is 0.493 e. The van der Waals surface area contributed by atoms with E-state index in [4.69, 9.17) is 21.1 Å². The maximum Gasteiger partial charge on any atom is 0.180 e. The van der Waals surface area contributed by atoms with Crippen LogP contribution >= 0.6 is 11.6 Å². The Labute approximate surface area is 172 Å². The van der Waals surface area contributed by atoms with E-state index < -0.39 is 0 Å². The van der Waals surface area contributed by atoms with Gasteiger partial charge in [0.15, 0.2) is 11.5 Å². The second-order valence-electron chi connectivity index (χ2n) is 6.98. The first kappa shape index (κ1) is 20.2.